The number of hydrogen-bond acceptors (Lipinski definition) is 4. The molecule has 0 saturated heterocycles. The lowest BCUT2D eigenvalue weighted by molar-refractivity contribution is 0.0696. The molecule has 116 valence electrons. The van der Waals surface area contributed by atoms with Crippen LogP contribution in [0.25, 0.3) is 0 Å². The molecule has 1 aromatic carbocycles. The van der Waals surface area contributed by atoms with Gasteiger partial charge in [-0.2, -0.15) is 0 Å². The first-order valence-electron chi connectivity index (χ1n) is 6.72. The normalized spacial score (nSPS) is 10.5. The molecule has 22 heavy (non-hydrogen) atoms. The maximum absolute atomic E-state index is 13.7. The molecule has 0 aliphatic heterocycles. The van der Waals surface area contributed by atoms with Crippen molar-refractivity contribution in [3.63, 3.8) is 0 Å². The average molecular weight is 322 g/mol. The van der Waals surface area contributed by atoms with E-state index in [4.69, 9.17) is 5.11 Å². The van der Waals surface area contributed by atoms with Gasteiger partial charge in [0.25, 0.3) is 5.91 Å². The number of rotatable bonds is 5. The van der Waals surface area contributed by atoms with Crippen molar-refractivity contribution >= 4 is 28.9 Å². The molecule has 0 spiro atoms. The SMILES string of the molecule is CCCc1nc(C)c(C(=O)Nc2cc(C(=O)O)ccc2F)s1. The number of nitrogens with zero attached hydrogens (tertiary/aromatic N) is 1. The third-order valence-corrected chi connectivity index (χ3v) is 4.19. The van der Waals surface area contributed by atoms with E-state index < -0.39 is 17.7 Å². The summed E-state index contributed by atoms with van der Waals surface area (Å²) in [5, 5.41) is 12.2. The first-order valence-corrected chi connectivity index (χ1v) is 7.54. The van der Waals surface area contributed by atoms with Crippen molar-refractivity contribution in [2.24, 2.45) is 0 Å². The van der Waals surface area contributed by atoms with Crippen LogP contribution < -0.4 is 5.32 Å². The van der Waals surface area contributed by atoms with Crippen LogP contribution in [0.5, 0.6) is 0 Å². The number of carbonyl (C=O) groups excluding carboxylic acids is 1. The monoisotopic (exact) mass is 322 g/mol. The predicted molar refractivity (Wildman–Crippen MR) is 82.2 cm³/mol. The number of carbonyl (C=O) groups is 2. The van der Waals surface area contributed by atoms with Gasteiger partial charge in [0.15, 0.2) is 0 Å². The highest BCUT2D eigenvalue weighted by Gasteiger charge is 2.17. The second kappa shape index (κ2) is 6.65. The van der Waals surface area contributed by atoms with Gasteiger partial charge in [0.05, 0.1) is 22.0 Å². The van der Waals surface area contributed by atoms with Gasteiger partial charge in [-0.1, -0.05) is 6.92 Å². The minimum atomic E-state index is -1.19. The topological polar surface area (TPSA) is 79.3 Å². The molecule has 0 saturated carbocycles. The lowest BCUT2D eigenvalue weighted by atomic mass is 10.2. The Labute approximate surface area is 130 Å². The minimum Gasteiger partial charge on any atom is -0.478 e. The quantitative estimate of drug-likeness (QED) is 0.883. The van der Waals surface area contributed by atoms with Crippen molar-refractivity contribution in [3.05, 3.63) is 45.2 Å². The largest absolute Gasteiger partial charge is 0.478 e. The summed E-state index contributed by atoms with van der Waals surface area (Å²) in [6.07, 6.45) is 1.70. The smallest absolute Gasteiger partial charge is 0.335 e. The molecule has 2 aromatic rings. The van der Waals surface area contributed by atoms with Crippen molar-refractivity contribution < 1.29 is 19.1 Å². The van der Waals surface area contributed by atoms with Crippen LogP contribution in [0.1, 0.15) is 44.1 Å². The van der Waals surface area contributed by atoms with Gasteiger partial charge >= 0.3 is 5.97 Å². The summed E-state index contributed by atoms with van der Waals surface area (Å²) in [4.78, 5) is 27.8. The number of hydrogen-bond donors (Lipinski definition) is 2. The number of carboxylic acid groups (broad SMARTS) is 1. The second-order valence-electron chi connectivity index (χ2n) is 4.73. The molecule has 1 aromatic heterocycles. The zero-order chi connectivity index (χ0) is 16.3. The first-order chi connectivity index (χ1) is 10.4. The molecule has 0 fully saturated rings. The highest BCUT2D eigenvalue weighted by molar-refractivity contribution is 7.13. The van der Waals surface area contributed by atoms with E-state index in [-0.39, 0.29) is 11.3 Å². The fourth-order valence-electron chi connectivity index (χ4n) is 1.92. The van der Waals surface area contributed by atoms with Gasteiger partial charge in [-0.15, -0.1) is 11.3 Å². The van der Waals surface area contributed by atoms with Gasteiger partial charge in [-0.25, -0.2) is 14.2 Å². The van der Waals surface area contributed by atoms with E-state index in [1.807, 2.05) is 6.92 Å². The number of aryl methyl sites for hydroxylation is 2. The van der Waals surface area contributed by atoms with E-state index >= 15 is 0 Å². The average Bonchev–Trinajstić information content (AvgIpc) is 2.82. The number of benzene rings is 1. The molecule has 0 atom stereocenters. The zero-order valence-corrected chi connectivity index (χ0v) is 13.0. The Hall–Kier alpha value is -2.28. The molecular weight excluding hydrogens is 307 g/mol. The van der Waals surface area contributed by atoms with Gasteiger partial charge < -0.3 is 10.4 Å². The molecule has 1 amide bonds. The highest BCUT2D eigenvalue weighted by Crippen LogP contribution is 2.22. The van der Waals surface area contributed by atoms with E-state index in [2.05, 4.69) is 10.3 Å². The van der Waals surface area contributed by atoms with Gasteiger partial charge in [0, 0.05) is 0 Å². The molecule has 0 radical (unpaired) electrons. The third-order valence-electron chi connectivity index (χ3n) is 2.97. The summed E-state index contributed by atoms with van der Waals surface area (Å²) in [6.45, 7) is 3.73. The molecule has 0 unspecified atom stereocenters. The van der Waals surface area contributed by atoms with Gasteiger partial charge in [0.1, 0.15) is 10.7 Å². The van der Waals surface area contributed by atoms with Crippen LogP contribution >= 0.6 is 11.3 Å². The van der Waals surface area contributed by atoms with E-state index in [9.17, 15) is 14.0 Å². The molecule has 0 aliphatic rings. The Morgan fingerprint density at radius 2 is 2.14 bits per heavy atom. The summed E-state index contributed by atoms with van der Waals surface area (Å²) < 4.78 is 13.7. The molecular formula is C15H15FN2O3S. The van der Waals surface area contributed by atoms with Crippen LogP contribution in [0.2, 0.25) is 0 Å². The Morgan fingerprint density at radius 3 is 2.77 bits per heavy atom. The van der Waals surface area contributed by atoms with Crippen molar-refractivity contribution in [1.29, 1.82) is 0 Å². The lowest BCUT2D eigenvalue weighted by Gasteiger charge is -2.06. The fourth-order valence-corrected chi connectivity index (χ4v) is 2.98. The van der Waals surface area contributed by atoms with Crippen molar-refractivity contribution in [3.8, 4) is 0 Å². The van der Waals surface area contributed by atoms with E-state index in [1.165, 1.54) is 11.3 Å². The van der Waals surface area contributed by atoms with Crippen LogP contribution in [-0.4, -0.2) is 22.0 Å². The summed E-state index contributed by atoms with van der Waals surface area (Å²) in [5.41, 5.74) is 0.333. The van der Waals surface area contributed by atoms with E-state index in [0.717, 1.165) is 36.0 Å². The van der Waals surface area contributed by atoms with Crippen molar-refractivity contribution in [2.45, 2.75) is 26.7 Å². The molecule has 7 heteroatoms. The summed E-state index contributed by atoms with van der Waals surface area (Å²) in [5.74, 6) is -2.36. The number of anilines is 1. The van der Waals surface area contributed by atoms with Crippen LogP contribution in [0, 0.1) is 12.7 Å². The van der Waals surface area contributed by atoms with Crippen molar-refractivity contribution in [2.75, 3.05) is 5.32 Å². The first kappa shape index (κ1) is 16.1. The van der Waals surface area contributed by atoms with Crippen LogP contribution in [0.4, 0.5) is 10.1 Å². The summed E-state index contributed by atoms with van der Waals surface area (Å²) >= 11 is 1.27. The molecule has 1 heterocycles. The maximum atomic E-state index is 13.7. The number of amides is 1. The molecule has 0 aliphatic carbocycles. The van der Waals surface area contributed by atoms with Crippen LogP contribution in [-0.2, 0) is 6.42 Å². The predicted octanol–water partition coefficient (Wildman–Crippen LogP) is 3.49. The number of carboxylic acids is 1. The zero-order valence-electron chi connectivity index (χ0n) is 12.1. The van der Waals surface area contributed by atoms with E-state index in [1.54, 1.807) is 6.92 Å². The standard InChI is InChI=1S/C15H15FN2O3S/c1-3-4-12-17-8(2)13(22-12)14(19)18-11-7-9(15(20)21)5-6-10(11)16/h5-7H,3-4H2,1-2H3,(H,18,19)(H,20,21). The summed E-state index contributed by atoms with van der Waals surface area (Å²) in [6, 6.07) is 3.25. The maximum Gasteiger partial charge on any atom is 0.335 e. The number of nitrogens with one attached hydrogen (secondary N) is 1. The Kier molecular flexibility index (Phi) is 4.87. The van der Waals surface area contributed by atoms with Gasteiger partial charge in [0.2, 0.25) is 0 Å². The number of aromatic carboxylic acids is 1. The Balaban J connectivity index is 2.25. The third kappa shape index (κ3) is 3.48. The second-order valence-corrected chi connectivity index (χ2v) is 5.81. The van der Waals surface area contributed by atoms with Crippen molar-refractivity contribution in [1.82, 2.24) is 4.98 Å². The highest BCUT2D eigenvalue weighted by atomic mass is 32.1. The molecule has 0 bridgehead atoms. The summed E-state index contributed by atoms with van der Waals surface area (Å²) in [7, 11) is 0. The van der Waals surface area contributed by atoms with Crippen LogP contribution in [0.3, 0.4) is 0 Å². The minimum absolute atomic E-state index is 0.0931. The van der Waals surface area contributed by atoms with E-state index in [0.29, 0.717) is 10.6 Å². The Bertz CT molecular complexity index is 728. The molecule has 2 rings (SSSR count). The van der Waals surface area contributed by atoms with Gasteiger partial charge in [-0.05, 0) is 38.0 Å². The van der Waals surface area contributed by atoms with Gasteiger partial charge in [-0.3, -0.25) is 4.79 Å². The fraction of sp³-hybridized carbons (Fsp3) is 0.267. The number of aromatic nitrogens is 1. The van der Waals surface area contributed by atoms with Crippen LogP contribution in [0.15, 0.2) is 18.2 Å². The Morgan fingerprint density at radius 1 is 1.41 bits per heavy atom. The number of halogens is 1. The molecule has 2 N–H and O–H groups in total. The number of thiazole rings is 1. The molecule has 5 nitrogen and oxygen atoms in total. The lowest BCUT2D eigenvalue weighted by Crippen LogP contribution is -2.13.